The zero-order valence-electron chi connectivity index (χ0n) is 13.0. The molecule has 0 radical (unpaired) electrons. The summed E-state index contributed by atoms with van der Waals surface area (Å²) in [6, 6.07) is 5.32. The Morgan fingerprint density at radius 3 is 2.70 bits per heavy atom. The Bertz CT molecular complexity index is 661. The Labute approximate surface area is 133 Å². The number of hydrogen-bond donors (Lipinski definition) is 0. The van der Waals surface area contributed by atoms with Crippen LogP contribution in [0.5, 0.6) is 5.75 Å². The van der Waals surface area contributed by atoms with E-state index in [1.54, 1.807) is 19.2 Å². The maximum Gasteiger partial charge on any atom is 0.390 e. The summed E-state index contributed by atoms with van der Waals surface area (Å²) in [5.74, 6) is 0.597. The van der Waals surface area contributed by atoms with Crippen molar-refractivity contribution in [1.82, 2.24) is 0 Å². The van der Waals surface area contributed by atoms with Gasteiger partial charge in [-0.1, -0.05) is 11.6 Å². The van der Waals surface area contributed by atoms with Gasteiger partial charge in [-0.25, -0.2) is 0 Å². The zero-order valence-corrected chi connectivity index (χ0v) is 13.0. The molecule has 2 aliphatic carbocycles. The number of carbonyl (C=O) groups excluding carboxylic acids is 1. The monoisotopic (exact) mass is 324 g/mol. The predicted octanol–water partition coefficient (Wildman–Crippen LogP) is 4.51. The first-order valence-corrected chi connectivity index (χ1v) is 7.82. The average molecular weight is 324 g/mol. The van der Waals surface area contributed by atoms with Gasteiger partial charge in [-0.15, -0.1) is 0 Å². The number of benzene rings is 1. The van der Waals surface area contributed by atoms with Gasteiger partial charge in [0, 0.05) is 11.8 Å². The number of rotatable bonds is 2. The number of hydrogen-bond acceptors (Lipinski definition) is 2. The molecule has 3 rings (SSSR count). The van der Waals surface area contributed by atoms with Crippen LogP contribution in [0.2, 0.25) is 0 Å². The van der Waals surface area contributed by atoms with Crippen molar-refractivity contribution in [2.75, 3.05) is 7.11 Å². The van der Waals surface area contributed by atoms with E-state index in [9.17, 15) is 18.0 Å². The summed E-state index contributed by atoms with van der Waals surface area (Å²) in [7, 11) is 1.55. The van der Waals surface area contributed by atoms with Crippen LogP contribution in [0.1, 0.15) is 43.2 Å². The Morgan fingerprint density at radius 2 is 2.00 bits per heavy atom. The van der Waals surface area contributed by atoms with Crippen molar-refractivity contribution in [3.63, 3.8) is 0 Å². The minimum absolute atomic E-state index is 0.0604. The lowest BCUT2D eigenvalue weighted by molar-refractivity contribution is -0.147. The molecule has 1 aromatic carbocycles. The second-order valence-corrected chi connectivity index (χ2v) is 6.39. The molecule has 0 aromatic heterocycles. The number of methoxy groups -OCH3 is 1. The Balaban J connectivity index is 2.19. The number of carbonyl (C=O) groups is 1. The van der Waals surface area contributed by atoms with Crippen molar-refractivity contribution in [3.05, 3.63) is 41.0 Å². The van der Waals surface area contributed by atoms with Crippen LogP contribution in [0.15, 0.2) is 29.8 Å². The van der Waals surface area contributed by atoms with Gasteiger partial charge in [0.15, 0.2) is 5.78 Å². The van der Waals surface area contributed by atoms with Gasteiger partial charge in [0.05, 0.1) is 13.5 Å². The van der Waals surface area contributed by atoms with Crippen molar-refractivity contribution < 1.29 is 22.7 Å². The summed E-state index contributed by atoms with van der Waals surface area (Å²) in [6.45, 7) is 0. The van der Waals surface area contributed by atoms with E-state index in [1.807, 2.05) is 6.07 Å². The van der Waals surface area contributed by atoms with Crippen LogP contribution in [-0.4, -0.2) is 19.1 Å². The van der Waals surface area contributed by atoms with Crippen LogP contribution in [0.3, 0.4) is 0 Å². The molecule has 0 amide bonds. The lowest BCUT2D eigenvalue weighted by atomic mass is 9.64. The number of alkyl halides is 3. The first-order valence-electron chi connectivity index (χ1n) is 7.82. The van der Waals surface area contributed by atoms with Crippen LogP contribution < -0.4 is 4.74 Å². The lowest BCUT2D eigenvalue weighted by Gasteiger charge is -2.40. The molecule has 2 nitrogen and oxygen atoms in total. The third-order valence-corrected chi connectivity index (χ3v) is 4.97. The standard InChI is InChI=1S/C18H19F3O2/c1-23-15-5-6-16-12(9-15)3-2-4-13-10-14(22)7-8-17(13,16)11-18(19,20)21/h5-6,9-10H,2-4,7-8,11H2,1H3. The van der Waals surface area contributed by atoms with E-state index in [2.05, 4.69) is 0 Å². The van der Waals surface area contributed by atoms with Crippen molar-refractivity contribution in [3.8, 4) is 5.75 Å². The van der Waals surface area contributed by atoms with Gasteiger partial charge in [-0.2, -0.15) is 13.2 Å². The predicted molar refractivity (Wildman–Crippen MR) is 80.6 cm³/mol. The average Bonchev–Trinajstić information content (AvgIpc) is 2.62. The zero-order chi connectivity index (χ0) is 16.7. The van der Waals surface area contributed by atoms with Gasteiger partial charge in [0.2, 0.25) is 0 Å². The van der Waals surface area contributed by atoms with Crippen LogP contribution in [0.4, 0.5) is 13.2 Å². The quantitative estimate of drug-likeness (QED) is 0.800. The fraction of sp³-hybridized carbons (Fsp3) is 0.500. The topological polar surface area (TPSA) is 26.3 Å². The molecule has 0 saturated carbocycles. The van der Waals surface area contributed by atoms with Crippen molar-refractivity contribution >= 4 is 5.78 Å². The Kier molecular flexibility index (Phi) is 3.98. The highest BCUT2D eigenvalue weighted by Gasteiger charge is 2.48. The molecule has 1 aromatic rings. The van der Waals surface area contributed by atoms with Gasteiger partial charge >= 0.3 is 6.18 Å². The van der Waals surface area contributed by atoms with Gasteiger partial charge in [0.25, 0.3) is 0 Å². The molecule has 0 heterocycles. The van der Waals surface area contributed by atoms with E-state index in [0.29, 0.717) is 29.7 Å². The summed E-state index contributed by atoms with van der Waals surface area (Å²) >= 11 is 0. The fourth-order valence-corrected chi connectivity index (χ4v) is 4.00. The van der Waals surface area contributed by atoms with Gasteiger partial charge in [-0.3, -0.25) is 4.79 Å². The molecule has 1 atom stereocenters. The molecule has 5 heteroatoms. The van der Waals surface area contributed by atoms with Crippen molar-refractivity contribution in [1.29, 1.82) is 0 Å². The highest BCUT2D eigenvalue weighted by molar-refractivity contribution is 5.92. The molecule has 0 saturated heterocycles. The maximum atomic E-state index is 13.3. The van der Waals surface area contributed by atoms with Gasteiger partial charge < -0.3 is 4.74 Å². The van der Waals surface area contributed by atoms with Crippen LogP contribution in [0.25, 0.3) is 0 Å². The van der Waals surface area contributed by atoms with E-state index in [0.717, 1.165) is 12.0 Å². The van der Waals surface area contributed by atoms with Crippen LogP contribution in [-0.2, 0) is 16.6 Å². The van der Waals surface area contributed by atoms with E-state index in [4.69, 9.17) is 4.74 Å². The second kappa shape index (κ2) is 5.69. The minimum atomic E-state index is -4.28. The normalized spacial score (nSPS) is 24.3. The third-order valence-electron chi connectivity index (χ3n) is 4.97. The Hall–Kier alpha value is -1.78. The number of halogens is 3. The highest BCUT2D eigenvalue weighted by Crippen LogP contribution is 2.51. The molecule has 1 unspecified atom stereocenters. The molecular formula is C18H19F3O2. The lowest BCUT2D eigenvalue weighted by Crippen LogP contribution is -2.37. The molecule has 0 aliphatic heterocycles. The van der Waals surface area contributed by atoms with E-state index >= 15 is 0 Å². The number of ether oxygens (including phenoxy) is 1. The van der Waals surface area contributed by atoms with Crippen molar-refractivity contribution in [2.24, 2.45) is 0 Å². The first-order chi connectivity index (χ1) is 10.8. The smallest absolute Gasteiger partial charge is 0.390 e. The van der Waals surface area contributed by atoms with Crippen LogP contribution in [0, 0.1) is 0 Å². The number of fused-ring (bicyclic) bond motifs is 3. The third kappa shape index (κ3) is 3.01. The Morgan fingerprint density at radius 1 is 1.22 bits per heavy atom. The number of allylic oxidation sites excluding steroid dienone is 2. The minimum Gasteiger partial charge on any atom is -0.497 e. The summed E-state index contributed by atoms with van der Waals surface area (Å²) in [6.07, 6.45) is -1.31. The second-order valence-electron chi connectivity index (χ2n) is 6.39. The van der Waals surface area contributed by atoms with E-state index < -0.39 is 18.0 Å². The fourth-order valence-electron chi connectivity index (χ4n) is 4.00. The van der Waals surface area contributed by atoms with E-state index in [-0.39, 0.29) is 18.6 Å². The number of aryl methyl sites for hydroxylation is 1. The molecule has 0 N–H and O–H groups in total. The first kappa shape index (κ1) is 16.1. The molecule has 2 aliphatic rings. The van der Waals surface area contributed by atoms with E-state index in [1.165, 1.54) is 6.08 Å². The summed E-state index contributed by atoms with van der Waals surface area (Å²) < 4.78 is 45.2. The molecule has 0 fully saturated rings. The largest absolute Gasteiger partial charge is 0.497 e. The molecule has 0 spiro atoms. The molecule has 124 valence electrons. The molecule has 0 bridgehead atoms. The van der Waals surface area contributed by atoms with Gasteiger partial charge in [-0.05, 0) is 55.0 Å². The van der Waals surface area contributed by atoms with Gasteiger partial charge in [0.1, 0.15) is 5.75 Å². The van der Waals surface area contributed by atoms with Crippen LogP contribution >= 0.6 is 0 Å². The molecule has 23 heavy (non-hydrogen) atoms. The number of ketones is 1. The highest BCUT2D eigenvalue weighted by atomic mass is 19.4. The summed E-state index contributed by atoms with van der Waals surface area (Å²) in [5.41, 5.74) is 1.18. The van der Waals surface area contributed by atoms with Crippen molar-refractivity contribution in [2.45, 2.75) is 50.1 Å². The summed E-state index contributed by atoms with van der Waals surface area (Å²) in [5, 5.41) is 0. The summed E-state index contributed by atoms with van der Waals surface area (Å²) in [4.78, 5) is 11.8. The molecular weight excluding hydrogens is 305 g/mol. The SMILES string of the molecule is COc1ccc2c(c1)CCCC1=CC(=O)CCC12CC(F)(F)F. The maximum absolute atomic E-state index is 13.3.